The van der Waals surface area contributed by atoms with Crippen molar-refractivity contribution in [1.29, 1.82) is 0 Å². The molecular formula is C24H30N2O. The van der Waals surface area contributed by atoms with Crippen molar-refractivity contribution >= 4 is 11.0 Å². The summed E-state index contributed by atoms with van der Waals surface area (Å²) in [7, 11) is 1.70. The number of para-hydroxylation sites is 2. The summed E-state index contributed by atoms with van der Waals surface area (Å²) in [6.07, 6.45) is 5.89. The molecule has 0 amide bonds. The van der Waals surface area contributed by atoms with Crippen LogP contribution in [0.2, 0.25) is 0 Å². The average Bonchev–Trinajstić information content (AvgIpc) is 3.05. The van der Waals surface area contributed by atoms with Crippen molar-refractivity contribution in [2.75, 3.05) is 7.11 Å². The lowest BCUT2D eigenvalue weighted by atomic mass is 10.0. The number of aromatic nitrogens is 2. The van der Waals surface area contributed by atoms with Crippen molar-refractivity contribution in [1.82, 2.24) is 9.55 Å². The zero-order valence-corrected chi connectivity index (χ0v) is 16.9. The minimum absolute atomic E-state index is 0.686. The molecule has 0 spiro atoms. The van der Waals surface area contributed by atoms with Crippen LogP contribution in [0, 0.1) is 5.92 Å². The zero-order chi connectivity index (χ0) is 19.2. The Labute approximate surface area is 162 Å². The van der Waals surface area contributed by atoms with E-state index in [1.54, 1.807) is 7.11 Å². The fraction of sp³-hybridized carbons (Fsp3) is 0.375. The molecule has 0 aliphatic rings. The number of fused-ring (bicyclic) bond motifs is 1. The molecule has 1 aromatic heterocycles. The van der Waals surface area contributed by atoms with Crippen molar-refractivity contribution in [3.63, 3.8) is 0 Å². The van der Waals surface area contributed by atoms with Crippen molar-refractivity contribution in [2.24, 2.45) is 5.92 Å². The van der Waals surface area contributed by atoms with Gasteiger partial charge in [0, 0.05) is 12.1 Å². The Bertz CT molecular complexity index is 902. The zero-order valence-electron chi connectivity index (χ0n) is 16.9. The van der Waals surface area contributed by atoms with Gasteiger partial charge in [0.05, 0.1) is 18.1 Å². The molecule has 2 aromatic carbocycles. The summed E-state index contributed by atoms with van der Waals surface area (Å²) in [5.41, 5.74) is 4.80. The maximum atomic E-state index is 5.30. The molecule has 1 heterocycles. The average molecular weight is 363 g/mol. The first-order chi connectivity index (χ1) is 13.1. The number of hydrogen-bond donors (Lipinski definition) is 0. The lowest BCUT2D eigenvalue weighted by Crippen LogP contribution is -2.05. The van der Waals surface area contributed by atoms with Crippen molar-refractivity contribution < 1.29 is 4.74 Å². The topological polar surface area (TPSA) is 27.1 Å². The van der Waals surface area contributed by atoms with E-state index in [1.165, 1.54) is 23.9 Å². The van der Waals surface area contributed by atoms with E-state index in [9.17, 15) is 0 Å². The predicted octanol–water partition coefficient (Wildman–Crippen LogP) is 6.48. The summed E-state index contributed by atoms with van der Waals surface area (Å²) >= 11 is 0. The predicted molar refractivity (Wildman–Crippen MR) is 114 cm³/mol. The van der Waals surface area contributed by atoms with Crippen LogP contribution in [0.3, 0.4) is 0 Å². The highest BCUT2D eigenvalue weighted by molar-refractivity contribution is 5.80. The number of ether oxygens (including phenoxy) is 1. The molecule has 1 atom stereocenters. The molecule has 3 heteroatoms. The van der Waals surface area contributed by atoms with Crippen LogP contribution in [-0.4, -0.2) is 16.7 Å². The standard InChI is InChI=1S/C24H30N2O/c1-18(2)8-7-9-19(3)16-17-26-23-11-6-5-10-22(23)25-24(26)20-12-14-21(27-4)15-13-20/h5-6,8,10-15,19H,7,9,16-17H2,1-4H3. The van der Waals surface area contributed by atoms with Crippen molar-refractivity contribution in [3.8, 4) is 17.1 Å². The van der Waals surface area contributed by atoms with Gasteiger partial charge in [-0.1, -0.05) is 30.7 Å². The lowest BCUT2D eigenvalue weighted by Gasteiger charge is -2.14. The summed E-state index contributed by atoms with van der Waals surface area (Å²) in [5.74, 6) is 2.59. The van der Waals surface area contributed by atoms with Gasteiger partial charge in [-0.3, -0.25) is 0 Å². The van der Waals surface area contributed by atoms with Crippen LogP contribution in [0.25, 0.3) is 22.4 Å². The molecule has 0 fully saturated rings. The van der Waals surface area contributed by atoms with Crippen LogP contribution >= 0.6 is 0 Å². The molecule has 27 heavy (non-hydrogen) atoms. The second kappa shape index (κ2) is 8.90. The van der Waals surface area contributed by atoms with E-state index in [0.717, 1.165) is 35.6 Å². The van der Waals surface area contributed by atoms with Gasteiger partial charge in [-0.05, 0) is 75.4 Å². The molecule has 0 aliphatic carbocycles. The second-order valence-electron chi connectivity index (χ2n) is 7.56. The summed E-state index contributed by atoms with van der Waals surface area (Å²) in [5, 5.41) is 0. The maximum absolute atomic E-state index is 5.30. The van der Waals surface area contributed by atoms with Gasteiger partial charge in [-0.2, -0.15) is 0 Å². The Hall–Kier alpha value is -2.55. The van der Waals surface area contributed by atoms with E-state index >= 15 is 0 Å². The fourth-order valence-electron chi connectivity index (χ4n) is 3.41. The Morgan fingerprint density at radius 2 is 1.81 bits per heavy atom. The number of hydrogen-bond acceptors (Lipinski definition) is 2. The number of aryl methyl sites for hydroxylation is 1. The number of benzene rings is 2. The fourth-order valence-corrected chi connectivity index (χ4v) is 3.41. The molecule has 0 aliphatic heterocycles. The third-order valence-corrected chi connectivity index (χ3v) is 5.06. The molecule has 1 unspecified atom stereocenters. The van der Waals surface area contributed by atoms with Gasteiger partial charge in [-0.25, -0.2) is 4.98 Å². The first kappa shape index (κ1) is 19.2. The first-order valence-corrected chi connectivity index (χ1v) is 9.81. The summed E-state index contributed by atoms with van der Waals surface area (Å²) in [4.78, 5) is 4.91. The second-order valence-corrected chi connectivity index (χ2v) is 7.56. The van der Waals surface area contributed by atoms with Crippen LogP contribution in [0.15, 0.2) is 60.2 Å². The number of methoxy groups -OCH3 is 1. The highest BCUT2D eigenvalue weighted by atomic mass is 16.5. The van der Waals surface area contributed by atoms with Crippen LogP contribution in [0.5, 0.6) is 5.75 Å². The molecule has 3 rings (SSSR count). The van der Waals surface area contributed by atoms with Crippen molar-refractivity contribution in [3.05, 3.63) is 60.2 Å². The Morgan fingerprint density at radius 3 is 2.52 bits per heavy atom. The molecule has 142 valence electrons. The molecular weight excluding hydrogens is 332 g/mol. The third-order valence-electron chi connectivity index (χ3n) is 5.06. The minimum Gasteiger partial charge on any atom is -0.497 e. The number of allylic oxidation sites excluding steroid dienone is 2. The van der Waals surface area contributed by atoms with Crippen LogP contribution < -0.4 is 4.74 Å². The summed E-state index contributed by atoms with van der Waals surface area (Å²) in [6.45, 7) is 7.68. The Morgan fingerprint density at radius 1 is 1.07 bits per heavy atom. The van der Waals surface area contributed by atoms with E-state index in [1.807, 2.05) is 12.1 Å². The molecule has 0 bridgehead atoms. The normalized spacial score (nSPS) is 12.1. The van der Waals surface area contributed by atoms with E-state index in [4.69, 9.17) is 9.72 Å². The van der Waals surface area contributed by atoms with Gasteiger partial charge >= 0.3 is 0 Å². The highest BCUT2D eigenvalue weighted by Gasteiger charge is 2.13. The summed E-state index contributed by atoms with van der Waals surface area (Å²) in [6, 6.07) is 16.6. The molecule has 0 saturated heterocycles. The Kier molecular flexibility index (Phi) is 6.33. The number of imidazole rings is 1. The van der Waals surface area contributed by atoms with E-state index < -0.39 is 0 Å². The molecule has 3 nitrogen and oxygen atoms in total. The number of rotatable bonds is 8. The van der Waals surface area contributed by atoms with E-state index in [2.05, 4.69) is 67.8 Å². The summed E-state index contributed by atoms with van der Waals surface area (Å²) < 4.78 is 7.67. The molecule has 0 radical (unpaired) electrons. The smallest absolute Gasteiger partial charge is 0.141 e. The van der Waals surface area contributed by atoms with E-state index in [0.29, 0.717) is 5.92 Å². The van der Waals surface area contributed by atoms with Gasteiger partial charge < -0.3 is 9.30 Å². The van der Waals surface area contributed by atoms with Gasteiger partial charge in [0.2, 0.25) is 0 Å². The molecule has 3 aromatic rings. The van der Waals surface area contributed by atoms with Crippen LogP contribution in [0.4, 0.5) is 0 Å². The molecule has 0 N–H and O–H groups in total. The molecule has 0 saturated carbocycles. The minimum atomic E-state index is 0.686. The van der Waals surface area contributed by atoms with Crippen LogP contribution in [-0.2, 0) is 6.54 Å². The van der Waals surface area contributed by atoms with Gasteiger partial charge in [0.15, 0.2) is 0 Å². The lowest BCUT2D eigenvalue weighted by molar-refractivity contribution is 0.415. The van der Waals surface area contributed by atoms with Gasteiger partial charge in [-0.15, -0.1) is 0 Å². The first-order valence-electron chi connectivity index (χ1n) is 9.81. The van der Waals surface area contributed by atoms with Gasteiger partial charge in [0.25, 0.3) is 0 Å². The monoisotopic (exact) mass is 362 g/mol. The van der Waals surface area contributed by atoms with Crippen LogP contribution in [0.1, 0.15) is 40.0 Å². The van der Waals surface area contributed by atoms with Crippen molar-refractivity contribution in [2.45, 2.75) is 46.6 Å². The quantitative estimate of drug-likeness (QED) is 0.429. The van der Waals surface area contributed by atoms with E-state index in [-0.39, 0.29) is 0 Å². The maximum Gasteiger partial charge on any atom is 0.141 e. The SMILES string of the molecule is COc1ccc(-c2nc3ccccc3n2CCC(C)CCC=C(C)C)cc1. The largest absolute Gasteiger partial charge is 0.497 e. The number of nitrogens with zero attached hydrogens (tertiary/aromatic N) is 2. The Balaban J connectivity index is 1.83. The third kappa shape index (κ3) is 4.79. The van der Waals surface area contributed by atoms with Gasteiger partial charge in [0.1, 0.15) is 11.6 Å². The highest BCUT2D eigenvalue weighted by Crippen LogP contribution is 2.27.